The number of nitrogens with zero attached hydrogens (tertiary/aromatic N) is 2. The van der Waals surface area contributed by atoms with Gasteiger partial charge in [0.05, 0.1) is 0 Å². The van der Waals surface area contributed by atoms with Gasteiger partial charge in [-0.3, -0.25) is 4.79 Å². The van der Waals surface area contributed by atoms with Gasteiger partial charge in [0.25, 0.3) is 5.91 Å². The minimum absolute atomic E-state index is 0.0334. The van der Waals surface area contributed by atoms with Gasteiger partial charge in [0.15, 0.2) is 0 Å². The normalized spacial score (nSPS) is 12.3. The molecule has 1 amide bonds. The van der Waals surface area contributed by atoms with Gasteiger partial charge in [-0.1, -0.05) is 6.07 Å². The smallest absolute Gasteiger partial charge is 0.272 e. The van der Waals surface area contributed by atoms with E-state index in [1.54, 1.807) is 22.7 Å². The van der Waals surface area contributed by atoms with Gasteiger partial charge < -0.3 is 10.2 Å². The largest absolute Gasteiger partial charge is 0.368 e. The average molecular weight is 281 g/mol. The lowest BCUT2D eigenvalue weighted by atomic mass is 10.2. The molecule has 0 aliphatic carbocycles. The number of carbonyl (C=O) groups is 1. The van der Waals surface area contributed by atoms with E-state index in [1.807, 2.05) is 46.2 Å². The molecular weight excluding hydrogens is 258 g/mol. The van der Waals surface area contributed by atoms with Gasteiger partial charge in [-0.15, -0.1) is 0 Å². The molecule has 0 aliphatic rings. The predicted molar refractivity (Wildman–Crippen MR) is 82.9 cm³/mol. The highest BCUT2D eigenvalue weighted by atomic mass is 32.2. The molecule has 0 aromatic carbocycles. The van der Waals surface area contributed by atoms with Gasteiger partial charge in [0.1, 0.15) is 11.5 Å². The Balaban J connectivity index is 2.81. The molecule has 4 nitrogen and oxygen atoms in total. The van der Waals surface area contributed by atoms with E-state index in [9.17, 15) is 4.79 Å². The Morgan fingerprint density at radius 1 is 1.42 bits per heavy atom. The molecule has 1 atom stereocenters. The number of nitrogens with one attached hydrogen (secondary N) is 1. The fourth-order valence-corrected chi connectivity index (χ4v) is 2.37. The van der Waals surface area contributed by atoms with E-state index in [0.717, 1.165) is 11.6 Å². The van der Waals surface area contributed by atoms with E-state index in [0.29, 0.717) is 11.7 Å². The maximum atomic E-state index is 12.3. The number of aromatic nitrogens is 1. The van der Waals surface area contributed by atoms with Crippen LogP contribution in [0.15, 0.2) is 18.2 Å². The number of anilines is 1. The lowest BCUT2D eigenvalue weighted by molar-refractivity contribution is 0.0752. The van der Waals surface area contributed by atoms with Crippen LogP contribution in [0.4, 0.5) is 5.82 Å². The summed E-state index contributed by atoms with van der Waals surface area (Å²) in [5.41, 5.74) is 0.487. The van der Waals surface area contributed by atoms with Crippen LogP contribution in [0.3, 0.4) is 0 Å². The Morgan fingerprint density at radius 2 is 2.11 bits per heavy atom. The molecule has 0 saturated heterocycles. The van der Waals surface area contributed by atoms with Crippen molar-refractivity contribution in [3.8, 4) is 0 Å². The molecule has 1 N–H and O–H groups in total. The number of hydrogen-bond donors (Lipinski definition) is 1. The van der Waals surface area contributed by atoms with Gasteiger partial charge in [-0.05, 0) is 39.2 Å². The Morgan fingerprint density at radius 3 is 2.68 bits per heavy atom. The van der Waals surface area contributed by atoms with Crippen LogP contribution in [-0.4, -0.2) is 46.9 Å². The maximum Gasteiger partial charge on any atom is 0.272 e. The SMILES string of the molecule is CSCC(C)N(C)C(=O)c1cccc(NC(C)C)n1. The van der Waals surface area contributed by atoms with Crippen LogP contribution in [-0.2, 0) is 0 Å². The topological polar surface area (TPSA) is 45.2 Å². The Bertz CT molecular complexity index is 423. The molecule has 1 rings (SSSR count). The summed E-state index contributed by atoms with van der Waals surface area (Å²) in [6.45, 7) is 6.14. The van der Waals surface area contributed by atoms with Gasteiger partial charge in [-0.2, -0.15) is 11.8 Å². The van der Waals surface area contributed by atoms with Crippen molar-refractivity contribution >= 4 is 23.5 Å². The lowest BCUT2D eigenvalue weighted by Crippen LogP contribution is -2.37. The molecule has 1 aromatic heterocycles. The van der Waals surface area contributed by atoms with Crippen molar-refractivity contribution in [1.29, 1.82) is 0 Å². The molecule has 0 radical (unpaired) electrons. The van der Waals surface area contributed by atoms with Crippen LogP contribution in [0.1, 0.15) is 31.3 Å². The zero-order valence-electron chi connectivity index (χ0n) is 12.3. The van der Waals surface area contributed by atoms with Crippen LogP contribution in [0, 0.1) is 0 Å². The van der Waals surface area contributed by atoms with Crippen LogP contribution < -0.4 is 5.32 Å². The zero-order chi connectivity index (χ0) is 14.4. The molecule has 106 valence electrons. The number of amides is 1. The van der Waals surface area contributed by atoms with E-state index >= 15 is 0 Å². The Hall–Kier alpha value is -1.23. The highest BCUT2D eigenvalue weighted by Crippen LogP contribution is 2.11. The molecule has 1 heterocycles. The second kappa shape index (κ2) is 7.38. The Kier molecular flexibility index (Phi) is 6.15. The molecular formula is C14H23N3OS. The third-order valence-electron chi connectivity index (χ3n) is 2.79. The third-order valence-corrected chi connectivity index (χ3v) is 3.61. The first-order chi connectivity index (χ1) is 8.95. The second-order valence-corrected chi connectivity index (χ2v) is 5.84. The third kappa shape index (κ3) is 4.74. The first-order valence-electron chi connectivity index (χ1n) is 6.45. The van der Waals surface area contributed by atoms with E-state index in [4.69, 9.17) is 0 Å². The number of hydrogen-bond acceptors (Lipinski definition) is 4. The van der Waals surface area contributed by atoms with Gasteiger partial charge in [0, 0.05) is 24.9 Å². The van der Waals surface area contributed by atoms with Crippen molar-refractivity contribution in [1.82, 2.24) is 9.88 Å². The number of rotatable bonds is 6. The molecule has 0 fully saturated rings. The fourth-order valence-electron chi connectivity index (χ4n) is 1.66. The fraction of sp³-hybridized carbons (Fsp3) is 0.571. The summed E-state index contributed by atoms with van der Waals surface area (Å²) < 4.78 is 0. The first kappa shape index (κ1) is 15.8. The van der Waals surface area contributed by atoms with Crippen LogP contribution in [0.5, 0.6) is 0 Å². The standard InChI is InChI=1S/C14H23N3OS/c1-10(2)15-13-8-6-7-12(16-13)14(18)17(4)11(3)9-19-5/h6-8,10-11H,9H2,1-5H3,(H,15,16). The molecule has 0 aliphatic heterocycles. The lowest BCUT2D eigenvalue weighted by Gasteiger charge is -2.24. The maximum absolute atomic E-state index is 12.3. The number of carbonyl (C=O) groups excluding carboxylic acids is 1. The van der Waals surface area contributed by atoms with Crippen molar-refractivity contribution in [3.63, 3.8) is 0 Å². The van der Waals surface area contributed by atoms with E-state index < -0.39 is 0 Å². The summed E-state index contributed by atoms with van der Waals surface area (Å²) in [6, 6.07) is 5.99. The van der Waals surface area contributed by atoms with Crippen molar-refractivity contribution in [2.24, 2.45) is 0 Å². The summed E-state index contributed by atoms with van der Waals surface area (Å²) in [4.78, 5) is 18.4. The van der Waals surface area contributed by atoms with Crippen LogP contribution in [0.25, 0.3) is 0 Å². The second-order valence-electron chi connectivity index (χ2n) is 4.93. The van der Waals surface area contributed by atoms with E-state index in [2.05, 4.69) is 10.3 Å². The monoisotopic (exact) mass is 281 g/mol. The summed E-state index contributed by atoms with van der Waals surface area (Å²) in [6.07, 6.45) is 2.04. The highest BCUT2D eigenvalue weighted by molar-refractivity contribution is 7.98. The number of thioether (sulfide) groups is 1. The molecule has 5 heteroatoms. The molecule has 0 saturated carbocycles. The predicted octanol–water partition coefficient (Wildman–Crippen LogP) is 2.73. The van der Waals surface area contributed by atoms with Crippen LogP contribution in [0.2, 0.25) is 0 Å². The zero-order valence-corrected chi connectivity index (χ0v) is 13.1. The minimum Gasteiger partial charge on any atom is -0.368 e. The summed E-state index contributed by atoms with van der Waals surface area (Å²) in [5.74, 6) is 1.63. The van der Waals surface area contributed by atoms with Gasteiger partial charge in [-0.25, -0.2) is 4.98 Å². The summed E-state index contributed by atoms with van der Waals surface area (Å²) in [7, 11) is 1.83. The average Bonchev–Trinajstić information content (AvgIpc) is 2.36. The van der Waals surface area contributed by atoms with Crippen molar-refractivity contribution in [2.75, 3.05) is 24.4 Å². The first-order valence-corrected chi connectivity index (χ1v) is 7.84. The van der Waals surface area contributed by atoms with Crippen molar-refractivity contribution in [2.45, 2.75) is 32.9 Å². The Labute approximate surface area is 120 Å². The van der Waals surface area contributed by atoms with Crippen molar-refractivity contribution < 1.29 is 4.79 Å². The van der Waals surface area contributed by atoms with Gasteiger partial charge in [0.2, 0.25) is 0 Å². The minimum atomic E-state index is -0.0334. The molecule has 1 aromatic rings. The molecule has 0 spiro atoms. The summed E-state index contributed by atoms with van der Waals surface area (Å²) in [5, 5.41) is 3.21. The quantitative estimate of drug-likeness (QED) is 0.871. The van der Waals surface area contributed by atoms with Crippen molar-refractivity contribution in [3.05, 3.63) is 23.9 Å². The van der Waals surface area contributed by atoms with E-state index in [-0.39, 0.29) is 11.9 Å². The number of pyridine rings is 1. The summed E-state index contributed by atoms with van der Waals surface area (Å²) >= 11 is 1.74. The molecule has 0 bridgehead atoms. The molecule has 19 heavy (non-hydrogen) atoms. The highest BCUT2D eigenvalue weighted by Gasteiger charge is 2.18. The van der Waals surface area contributed by atoms with Crippen LogP contribution >= 0.6 is 11.8 Å². The molecule has 1 unspecified atom stereocenters. The van der Waals surface area contributed by atoms with Gasteiger partial charge >= 0.3 is 0 Å². The van der Waals surface area contributed by atoms with E-state index in [1.165, 1.54) is 0 Å².